The number of ether oxygens (including phenoxy) is 1. The summed E-state index contributed by atoms with van der Waals surface area (Å²) in [6, 6.07) is 7.66. The van der Waals surface area contributed by atoms with E-state index in [1.54, 1.807) is 0 Å². The van der Waals surface area contributed by atoms with E-state index in [4.69, 9.17) is 4.74 Å². The zero-order valence-electron chi connectivity index (χ0n) is 13.1. The first-order valence-corrected chi connectivity index (χ1v) is 9.04. The van der Waals surface area contributed by atoms with Crippen molar-refractivity contribution in [3.8, 4) is 5.75 Å². The van der Waals surface area contributed by atoms with Gasteiger partial charge in [0.25, 0.3) is 0 Å². The van der Waals surface area contributed by atoms with Crippen molar-refractivity contribution < 1.29 is 9.13 Å². The number of hydrogen-bond acceptors (Lipinski definition) is 1. The summed E-state index contributed by atoms with van der Waals surface area (Å²) in [5, 5.41) is 0. The Hall–Kier alpha value is -0.570. The largest absolute Gasteiger partial charge is 0.493 e. The average Bonchev–Trinajstić information content (AvgIpc) is 2.48. The Bertz CT molecular complexity index is 353. The number of halogens is 2. The van der Waals surface area contributed by atoms with Crippen molar-refractivity contribution in [1.29, 1.82) is 0 Å². The van der Waals surface area contributed by atoms with Gasteiger partial charge in [0.2, 0.25) is 0 Å². The predicted octanol–water partition coefficient (Wildman–Crippen LogP) is 6.70. The van der Waals surface area contributed by atoms with Gasteiger partial charge >= 0.3 is 0 Å². The zero-order chi connectivity index (χ0) is 15.3. The molecule has 0 radical (unpaired) electrons. The van der Waals surface area contributed by atoms with E-state index in [1.165, 1.54) is 32.1 Å². The molecule has 0 bridgehead atoms. The lowest BCUT2D eigenvalue weighted by atomic mass is 10.1. The van der Waals surface area contributed by atoms with E-state index >= 15 is 0 Å². The average molecular weight is 359 g/mol. The Morgan fingerprint density at radius 2 is 1.57 bits per heavy atom. The fourth-order valence-electron chi connectivity index (χ4n) is 2.30. The standard InChI is InChI=1S/C18H28BrFO/c1-2-3-4-5-6-7-8-9-17(20)14-15-21-18-12-10-16(19)11-13-18/h10-13,17H,2-9,14-15H2,1H3. The minimum absolute atomic E-state index is 0.458. The van der Waals surface area contributed by atoms with Gasteiger partial charge in [0.1, 0.15) is 11.9 Å². The van der Waals surface area contributed by atoms with Gasteiger partial charge in [-0.3, -0.25) is 0 Å². The van der Waals surface area contributed by atoms with E-state index in [9.17, 15) is 4.39 Å². The lowest BCUT2D eigenvalue weighted by Crippen LogP contribution is -2.07. The Balaban J connectivity index is 1.96. The fraction of sp³-hybridized carbons (Fsp3) is 0.667. The normalized spacial score (nSPS) is 12.3. The second kappa shape index (κ2) is 12.0. The second-order valence-corrected chi connectivity index (χ2v) is 6.51. The maximum Gasteiger partial charge on any atom is 0.119 e. The van der Waals surface area contributed by atoms with Crippen molar-refractivity contribution >= 4 is 15.9 Å². The molecule has 0 N–H and O–H groups in total. The van der Waals surface area contributed by atoms with Gasteiger partial charge < -0.3 is 4.74 Å². The summed E-state index contributed by atoms with van der Waals surface area (Å²) in [5.41, 5.74) is 0. The molecule has 1 rings (SSSR count). The molecule has 0 aliphatic carbocycles. The number of unbranched alkanes of at least 4 members (excludes halogenated alkanes) is 6. The third-order valence-corrected chi connectivity index (χ3v) is 4.16. The van der Waals surface area contributed by atoms with Crippen molar-refractivity contribution in [3.63, 3.8) is 0 Å². The number of alkyl halides is 1. The van der Waals surface area contributed by atoms with Crippen molar-refractivity contribution in [2.75, 3.05) is 6.61 Å². The van der Waals surface area contributed by atoms with E-state index in [0.29, 0.717) is 19.4 Å². The van der Waals surface area contributed by atoms with Gasteiger partial charge in [0, 0.05) is 10.9 Å². The summed E-state index contributed by atoms with van der Waals surface area (Å²) >= 11 is 3.38. The van der Waals surface area contributed by atoms with Crippen LogP contribution in [0.2, 0.25) is 0 Å². The Labute approximate surface area is 137 Å². The molecule has 3 heteroatoms. The number of rotatable bonds is 12. The number of benzene rings is 1. The first kappa shape index (κ1) is 18.5. The molecule has 0 aliphatic heterocycles. The summed E-state index contributed by atoms with van der Waals surface area (Å²) in [6.45, 7) is 2.68. The van der Waals surface area contributed by atoms with Crippen LogP contribution in [0.25, 0.3) is 0 Å². The van der Waals surface area contributed by atoms with Crippen LogP contribution >= 0.6 is 15.9 Å². The van der Waals surface area contributed by atoms with Crippen LogP contribution in [0.3, 0.4) is 0 Å². The summed E-state index contributed by atoms with van der Waals surface area (Å²) in [6.07, 6.45) is 9.11. The summed E-state index contributed by atoms with van der Waals surface area (Å²) in [7, 11) is 0. The van der Waals surface area contributed by atoms with Crippen molar-refractivity contribution in [2.45, 2.75) is 70.9 Å². The molecular formula is C18H28BrFO. The highest BCUT2D eigenvalue weighted by Gasteiger charge is 2.06. The Morgan fingerprint density at radius 1 is 0.952 bits per heavy atom. The molecule has 0 aliphatic rings. The van der Waals surface area contributed by atoms with Crippen molar-refractivity contribution in [1.82, 2.24) is 0 Å². The lowest BCUT2D eigenvalue weighted by molar-refractivity contribution is 0.222. The van der Waals surface area contributed by atoms with Crippen LogP contribution in [0, 0.1) is 0 Å². The summed E-state index contributed by atoms with van der Waals surface area (Å²) in [5.74, 6) is 0.807. The molecule has 1 aromatic carbocycles. The molecule has 21 heavy (non-hydrogen) atoms. The molecule has 0 saturated carbocycles. The number of hydrogen-bond donors (Lipinski definition) is 0. The third kappa shape index (κ3) is 9.89. The minimum Gasteiger partial charge on any atom is -0.493 e. The molecule has 0 aromatic heterocycles. The highest BCUT2D eigenvalue weighted by atomic mass is 79.9. The van der Waals surface area contributed by atoms with E-state index in [2.05, 4.69) is 22.9 Å². The molecular weight excluding hydrogens is 331 g/mol. The molecule has 0 heterocycles. The van der Waals surface area contributed by atoms with Gasteiger partial charge in [0.05, 0.1) is 6.61 Å². The van der Waals surface area contributed by atoms with Crippen LogP contribution in [0.1, 0.15) is 64.7 Å². The van der Waals surface area contributed by atoms with Gasteiger partial charge in [-0.2, -0.15) is 0 Å². The molecule has 120 valence electrons. The Morgan fingerprint density at radius 3 is 2.24 bits per heavy atom. The van der Waals surface area contributed by atoms with Crippen LogP contribution < -0.4 is 4.74 Å². The first-order valence-electron chi connectivity index (χ1n) is 8.24. The molecule has 1 aromatic rings. The summed E-state index contributed by atoms with van der Waals surface area (Å²) in [4.78, 5) is 0. The predicted molar refractivity (Wildman–Crippen MR) is 91.8 cm³/mol. The molecule has 1 nitrogen and oxygen atoms in total. The van der Waals surface area contributed by atoms with E-state index in [1.807, 2.05) is 24.3 Å². The molecule has 0 saturated heterocycles. The minimum atomic E-state index is -0.726. The van der Waals surface area contributed by atoms with Crippen LogP contribution in [0.15, 0.2) is 28.7 Å². The van der Waals surface area contributed by atoms with Crippen molar-refractivity contribution in [2.24, 2.45) is 0 Å². The molecule has 0 amide bonds. The van der Waals surface area contributed by atoms with Gasteiger partial charge in [0.15, 0.2) is 0 Å². The zero-order valence-corrected chi connectivity index (χ0v) is 14.7. The maximum atomic E-state index is 13.7. The molecule has 0 fully saturated rings. The smallest absolute Gasteiger partial charge is 0.119 e. The Kier molecular flexibility index (Phi) is 10.6. The first-order chi connectivity index (χ1) is 10.2. The van der Waals surface area contributed by atoms with Gasteiger partial charge in [-0.25, -0.2) is 4.39 Å². The van der Waals surface area contributed by atoms with Crippen LogP contribution in [0.4, 0.5) is 4.39 Å². The topological polar surface area (TPSA) is 9.23 Å². The van der Waals surface area contributed by atoms with E-state index in [0.717, 1.165) is 23.1 Å². The summed E-state index contributed by atoms with van der Waals surface area (Å²) < 4.78 is 20.3. The molecule has 0 spiro atoms. The quantitative estimate of drug-likeness (QED) is 0.378. The van der Waals surface area contributed by atoms with E-state index in [-0.39, 0.29) is 0 Å². The molecule has 1 atom stereocenters. The van der Waals surface area contributed by atoms with Gasteiger partial charge in [-0.15, -0.1) is 0 Å². The van der Waals surface area contributed by atoms with Gasteiger partial charge in [-0.1, -0.05) is 67.8 Å². The van der Waals surface area contributed by atoms with E-state index < -0.39 is 6.17 Å². The van der Waals surface area contributed by atoms with Crippen LogP contribution in [-0.2, 0) is 0 Å². The lowest BCUT2D eigenvalue weighted by Gasteiger charge is -2.10. The van der Waals surface area contributed by atoms with Crippen LogP contribution in [0.5, 0.6) is 5.75 Å². The highest BCUT2D eigenvalue weighted by molar-refractivity contribution is 9.10. The van der Waals surface area contributed by atoms with Crippen molar-refractivity contribution in [3.05, 3.63) is 28.7 Å². The molecule has 1 unspecified atom stereocenters. The monoisotopic (exact) mass is 358 g/mol. The highest BCUT2D eigenvalue weighted by Crippen LogP contribution is 2.17. The SMILES string of the molecule is CCCCCCCCCC(F)CCOc1ccc(Br)cc1. The third-order valence-electron chi connectivity index (χ3n) is 3.63. The van der Waals surface area contributed by atoms with Crippen LogP contribution in [-0.4, -0.2) is 12.8 Å². The fourth-order valence-corrected chi connectivity index (χ4v) is 2.57. The second-order valence-electron chi connectivity index (χ2n) is 5.60. The maximum absolute atomic E-state index is 13.7. The van der Waals surface area contributed by atoms with Gasteiger partial charge in [-0.05, 0) is 30.7 Å².